The minimum absolute atomic E-state index is 0.0619. The van der Waals surface area contributed by atoms with Crippen LogP contribution in [0.2, 0.25) is 0 Å². The molecule has 2 aromatic heterocycles. The van der Waals surface area contributed by atoms with Gasteiger partial charge in [0, 0.05) is 5.56 Å². The third-order valence-corrected chi connectivity index (χ3v) is 2.22. The molecule has 4 N–H and O–H groups in total. The molecule has 1 amide bonds. The third-order valence-electron chi connectivity index (χ3n) is 2.22. The van der Waals surface area contributed by atoms with Gasteiger partial charge in [-0.2, -0.15) is 5.10 Å². The number of hydrogen-bond acceptors (Lipinski definition) is 5. The van der Waals surface area contributed by atoms with Gasteiger partial charge in [0.25, 0.3) is 0 Å². The molecule has 90 valence electrons. The molecule has 2 rings (SSSR count). The molecule has 0 saturated heterocycles. The molecule has 0 atom stereocenters. The molecule has 2 aromatic rings. The minimum atomic E-state index is -0.214. The Bertz CT molecular complexity index is 515. The Morgan fingerprint density at radius 3 is 3.12 bits per heavy atom. The first-order valence-corrected chi connectivity index (χ1v) is 5.16. The Morgan fingerprint density at radius 2 is 2.47 bits per heavy atom. The van der Waals surface area contributed by atoms with Gasteiger partial charge in [-0.05, 0) is 6.42 Å². The first-order chi connectivity index (χ1) is 8.19. The zero-order valence-electron chi connectivity index (χ0n) is 9.34. The van der Waals surface area contributed by atoms with E-state index in [1.165, 1.54) is 11.0 Å². The molecule has 0 aliphatic carbocycles. The largest absolute Gasteiger partial charge is 0.367 e. The molecule has 0 aliphatic rings. The molecule has 0 bridgehead atoms. The van der Waals surface area contributed by atoms with Gasteiger partial charge in [-0.15, -0.1) is 5.10 Å². The number of amides is 1. The minimum Gasteiger partial charge on any atom is -0.367 e. The van der Waals surface area contributed by atoms with Crippen molar-refractivity contribution in [2.24, 2.45) is 0 Å². The lowest BCUT2D eigenvalue weighted by Gasteiger charge is -2.04. The molecule has 0 radical (unpaired) electrons. The van der Waals surface area contributed by atoms with Gasteiger partial charge in [-0.1, -0.05) is 6.92 Å². The smallest absolute Gasteiger partial charge is 0.247 e. The van der Waals surface area contributed by atoms with Gasteiger partial charge >= 0.3 is 0 Å². The molecule has 17 heavy (non-hydrogen) atoms. The quantitative estimate of drug-likeness (QED) is 0.678. The van der Waals surface area contributed by atoms with E-state index in [0.29, 0.717) is 5.82 Å². The molecule has 0 aromatic carbocycles. The van der Waals surface area contributed by atoms with E-state index < -0.39 is 0 Å². The van der Waals surface area contributed by atoms with E-state index in [-0.39, 0.29) is 18.4 Å². The number of rotatable bonds is 4. The molecule has 0 aliphatic heterocycles. The lowest BCUT2D eigenvalue weighted by molar-refractivity contribution is -0.116. The highest BCUT2D eigenvalue weighted by Gasteiger charge is 2.09. The van der Waals surface area contributed by atoms with Crippen molar-refractivity contribution < 1.29 is 4.79 Å². The van der Waals surface area contributed by atoms with Crippen molar-refractivity contribution in [1.82, 2.24) is 25.0 Å². The van der Waals surface area contributed by atoms with E-state index in [1.807, 2.05) is 6.92 Å². The van der Waals surface area contributed by atoms with Gasteiger partial charge in [0.1, 0.15) is 18.7 Å². The van der Waals surface area contributed by atoms with Gasteiger partial charge in [0.2, 0.25) is 11.9 Å². The number of nitrogens with one attached hydrogen (secondary N) is 2. The maximum atomic E-state index is 11.7. The Labute approximate surface area is 97.2 Å². The number of aromatic nitrogens is 5. The zero-order chi connectivity index (χ0) is 12.3. The second-order valence-corrected chi connectivity index (χ2v) is 3.47. The van der Waals surface area contributed by atoms with E-state index in [1.54, 1.807) is 6.20 Å². The van der Waals surface area contributed by atoms with Crippen LogP contribution in [0.15, 0.2) is 12.5 Å². The Hall–Kier alpha value is -2.38. The fraction of sp³-hybridized carbons (Fsp3) is 0.333. The maximum Gasteiger partial charge on any atom is 0.247 e. The van der Waals surface area contributed by atoms with Crippen molar-refractivity contribution >= 4 is 17.7 Å². The number of carbonyl (C=O) groups excluding carboxylic acids is 1. The number of nitrogens with two attached hydrogens (primary N) is 1. The number of hydrogen-bond donors (Lipinski definition) is 3. The molecule has 0 unspecified atom stereocenters. The fourth-order valence-corrected chi connectivity index (χ4v) is 1.40. The zero-order valence-corrected chi connectivity index (χ0v) is 9.34. The number of aromatic amines is 1. The maximum absolute atomic E-state index is 11.7. The van der Waals surface area contributed by atoms with Crippen LogP contribution in [0.1, 0.15) is 12.5 Å². The number of H-pyrrole nitrogens is 1. The molecule has 0 fully saturated rings. The van der Waals surface area contributed by atoms with Crippen molar-refractivity contribution in [3.05, 3.63) is 18.1 Å². The van der Waals surface area contributed by atoms with Crippen LogP contribution in [0.4, 0.5) is 11.8 Å². The van der Waals surface area contributed by atoms with Crippen LogP contribution >= 0.6 is 0 Å². The van der Waals surface area contributed by atoms with Gasteiger partial charge < -0.3 is 11.1 Å². The van der Waals surface area contributed by atoms with Crippen molar-refractivity contribution in [2.45, 2.75) is 19.9 Å². The highest BCUT2D eigenvalue weighted by Crippen LogP contribution is 2.10. The second-order valence-electron chi connectivity index (χ2n) is 3.47. The van der Waals surface area contributed by atoms with Gasteiger partial charge in [-0.3, -0.25) is 9.89 Å². The van der Waals surface area contributed by atoms with E-state index >= 15 is 0 Å². The van der Waals surface area contributed by atoms with Crippen LogP contribution in [0, 0.1) is 0 Å². The number of nitrogens with zero attached hydrogens (tertiary/aromatic N) is 4. The summed E-state index contributed by atoms with van der Waals surface area (Å²) in [6.45, 7) is 2.05. The van der Waals surface area contributed by atoms with Crippen molar-refractivity contribution in [3.8, 4) is 0 Å². The van der Waals surface area contributed by atoms with Crippen molar-refractivity contribution in [2.75, 3.05) is 11.1 Å². The number of aryl methyl sites for hydroxylation is 1. The number of anilines is 2. The van der Waals surface area contributed by atoms with Gasteiger partial charge in [0.05, 0.1) is 6.20 Å². The van der Waals surface area contributed by atoms with Crippen LogP contribution in [-0.4, -0.2) is 30.9 Å². The lowest BCUT2D eigenvalue weighted by Crippen LogP contribution is -2.20. The number of nitrogen functional groups attached to an aromatic ring is 1. The van der Waals surface area contributed by atoms with E-state index in [0.717, 1.165) is 12.0 Å². The van der Waals surface area contributed by atoms with Crippen LogP contribution in [-0.2, 0) is 17.8 Å². The summed E-state index contributed by atoms with van der Waals surface area (Å²) in [6.07, 6.45) is 3.88. The van der Waals surface area contributed by atoms with Crippen LogP contribution in [0.25, 0.3) is 0 Å². The molecule has 0 spiro atoms. The summed E-state index contributed by atoms with van der Waals surface area (Å²) in [7, 11) is 0. The average molecular weight is 235 g/mol. The summed E-state index contributed by atoms with van der Waals surface area (Å²) in [5.41, 5.74) is 6.30. The summed E-state index contributed by atoms with van der Waals surface area (Å²) in [6, 6.07) is 0. The van der Waals surface area contributed by atoms with Gasteiger partial charge in [-0.25, -0.2) is 9.67 Å². The molecule has 2 heterocycles. The van der Waals surface area contributed by atoms with E-state index in [9.17, 15) is 4.79 Å². The molecule has 8 heteroatoms. The summed E-state index contributed by atoms with van der Waals surface area (Å²) in [5.74, 6) is 0.549. The topological polar surface area (TPSA) is 115 Å². The summed E-state index contributed by atoms with van der Waals surface area (Å²) in [4.78, 5) is 15.4. The van der Waals surface area contributed by atoms with E-state index in [2.05, 4.69) is 25.6 Å². The van der Waals surface area contributed by atoms with Crippen molar-refractivity contribution in [1.29, 1.82) is 0 Å². The monoisotopic (exact) mass is 235 g/mol. The molecular weight excluding hydrogens is 222 g/mol. The Morgan fingerprint density at radius 1 is 1.65 bits per heavy atom. The lowest BCUT2D eigenvalue weighted by atomic mass is 10.2. The highest BCUT2D eigenvalue weighted by molar-refractivity contribution is 5.90. The molecule has 8 nitrogen and oxygen atoms in total. The first kappa shape index (κ1) is 11.1. The average Bonchev–Trinajstić information content (AvgIpc) is 2.87. The van der Waals surface area contributed by atoms with Crippen LogP contribution < -0.4 is 11.1 Å². The normalized spacial score (nSPS) is 10.4. The first-order valence-electron chi connectivity index (χ1n) is 5.16. The predicted octanol–water partition coefficient (Wildman–Crippen LogP) is -0.216. The van der Waals surface area contributed by atoms with Crippen molar-refractivity contribution in [3.63, 3.8) is 0 Å². The summed E-state index contributed by atoms with van der Waals surface area (Å²) >= 11 is 0. The standard InChI is InChI=1S/C9H13N7O/c1-2-6-3-12-14-8(6)13-7(17)4-16-5-11-9(10)15-16/h3,5H,2,4H2,1H3,(H2,10,15)(H2,12,13,14,17). The Balaban J connectivity index is 1.98. The van der Waals surface area contributed by atoms with Gasteiger partial charge in [0.15, 0.2) is 0 Å². The third kappa shape index (κ3) is 2.60. The Kier molecular flexibility index (Phi) is 3.03. The second kappa shape index (κ2) is 4.64. The predicted molar refractivity (Wildman–Crippen MR) is 61.0 cm³/mol. The summed E-state index contributed by atoms with van der Waals surface area (Å²) < 4.78 is 1.37. The van der Waals surface area contributed by atoms with Crippen LogP contribution in [0.5, 0.6) is 0 Å². The van der Waals surface area contributed by atoms with E-state index in [4.69, 9.17) is 5.73 Å². The summed E-state index contributed by atoms with van der Waals surface area (Å²) in [5, 5.41) is 13.1. The SMILES string of the molecule is CCc1cn[nH]c1NC(=O)Cn1cnc(N)n1. The molecule has 0 saturated carbocycles. The highest BCUT2D eigenvalue weighted by atomic mass is 16.2. The number of carbonyl (C=O) groups is 1. The molecular formula is C9H13N7O. The van der Waals surface area contributed by atoms with Crippen LogP contribution in [0.3, 0.4) is 0 Å². The fourth-order valence-electron chi connectivity index (χ4n) is 1.40.